The van der Waals surface area contributed by atoms with Gasteiger partial charge in [-0.2, -0.15) is 0 Å². The Hall–Kier alpha value is -6.24. The SMILES string of the molecule is CCOc1ccccc1-c1ccc(N2CCN(C(=O)c3ccc(Cl)cc3C(F)F)CC2CC)c(C(=O)NC2CCN(CCCOc3cc(NCCOCCNC(=O)OC(C)(C)C)cc(C(=O)OC(C)(C)C)c3)C2)n1. The number of nitrogens with one attached hydrogen (secondary N) is 3. The molecule has 3 N–H and O–H groups in total. The van der Waals surface area contributed by atoms with E-state index in [1.54, 1.807) is 37.8 Å². The molecule has 0 spiro atoms. The van der Waals surface area contributed by atoms with Gasteiger partial charge in [0, 0.05) is 97.9 Å². The summed E-state index contributed by atoms with van der Waals surface area (Å²) < 4.78 is 56.8. The van der Waals surface area contributed by atoms with Crippen LogP contribution in [0.4, 0.5) is 25.0 Å². The van der Waals surface area contributed by atoms with E-state index in [1.807, 2.05) is 77.1 Å². The Balaban J connectivity index is 1.08. The Morgan fingerprint density at radius 2 is 1.59 bits per heavy atom. The number of aromatic nitrogens is 1. The van der Waals surface area contributed by atoms with Crippen molar-refractivity contribution in [3.63, 3.8) is 0 Å². The predicted molar refractivity (Wildman–Crippen MR) is 282 cm³/mol. The maximum absolute atomic E-state index is 14.5. The summed E-state index contributed by atoms with van der Waals surface area (Å²) in [4.78, 5) is 64.3. The Kier molecular flexibility index (Phi) is 20.3. The first-order chi connectivity index (χ1) is 35.2. The molecule has 16 nitrogen and oxygen atoms in total. The third-order valence-corrected chi connectivity index (χ3v) is 12.3. The van der Waals surface area contributed by atoms with E-state index in [9.17, 15) is 28.0 Å². The number of alkyl carbamates (subject to hydrolysis) is 1. The Labute approximate surface area is 438 Å². The minimum Gasteiger partial charge on any atom is -0.493 e. The van der Waals surface area contributed by atoms with Gasteiger partial charge in [-0.1, -0.05) is 30.7 Å². The molecule has 0 aliphatic carbocycles. The van der Waals surface area contributed by atoms with E-state index in [0.29, 0.717) is 106 Å². The molecule has 2 aliphatic heterocycles. The van der Waals surface area contributed by atoms with Gasteiger partial charge in [-0.25, -0.2) is 23.4 Å². The third kappa shape index (κ3) is 16.6. The number of piperazine rings is 1. The number of carbonyl (C=O) groups excluding carboxylic acids is 4. The van der Waals surface area contributed by atoms with Gasteiger partial charge in [-0.05, 0) is 122 Å². The van der Waals surface area contributed by atoms with Crippen LogP contribution >= 0.6 is 11.6 Å². The van der Waals surface area contributed by atoms with Gasteiger partial charge in [0.15, 0.2) is 5.69 Å². The fraction of sp³-hybridized carbons (Fsp3) is 0.509. The third-order valence-electron chi connectivity index (χ3n) is 12.1. The second-order valence-electron chi connectivity index (χ2n) is 20.2. The number of nitrogens with zero attached hydrogens (tertiary/aromatic N) is 4. The van der Waals surface area contributed by atoms with Crippen molar-refractivity contribution in [1.82, 2.24) is 25.4 Å². The first-order valence-corrected chi connectivity index (χ1v) is 25.8. The van der Waals surface area contributed by atoms with E-state index in [2.05, 4.69) is 25.8 Å². The average Bonchev–Trinajstić information content (AvgIpc) is 3.80. The molecule has 3 aromatic carbocycles. The summed E-state index contributed by atoms with van der Waals surface area (Å²) in [6.07, 6.45) is -1.39. The zero-order chi connectivity index (χ0) is 53.6. The van der Waals surface area contributed by atoms with Crippen LogP contribution in [0, 0.1) is 0 Å². The molecular weight excluding hydrogens is 976 g/mol. The van der Waals surface area contributed by atoms with Crippen LogP contribution in [0.15, 0.2) is 72.8 Å². The number of likely N-dealkylation sites (tertiary alicyclic amines) is 1. The number of para-hydroxylation sites is 1. The van der Waals surface area contributed by atoms with Crippen LogP contribution in [0.1, 0.15) is 118 Å². The number of anilines is 2. The van der Waals surface area contributed by atoms with Gasteiger partial charge in [0.2, 0.25) is 0 Å². The molecule has 1 aromatic heterocycles. The van der Waals surface area contributed by atoms with E-state index >= 15 is 0 Å². The number of pyridine rings is 1. The molecule has 3 heterocycles. The van der Waals surface area contributed by atoms with Crippen LogP contribution < -0.4 is 30.3 Å². The lowest BCUT2D eigenvalue weighted by atomic mass is 10.0. The fourth-order valence-corrected chi connectivity index (χ4v) is 8.96. The molecule has 2 atom stereocenters. The molecule has 2 fully saturated rings. The minimum absolute atomic E-state index is 0.0828. The average molecular weight is 1050 g/mol. The molecular formula is C55H72ClF2N7O9. The van der Waals surface area contributed by atoms with Crippen LogP contribution in [0.5, 0.6) is 11.5 Å². The fourth-order valence-electron chi connectivity index (χ4n) is 8.78. The van der Waals surface area contributed by atoms with Crippen molar-refractivity contribution in [3.05, 3.63) is 100 Å². The lowest BCUT2D eigenvalue weighted by Gasteiger charge is -2.43. The number of esters is 1. The van der Waals surface area contributed by atoms with Gasteiger partial charge in [0.05, 0.1) is 43.4 Å². The van der Waals surface area contributed by atoms with Crippen molar-refractivity contribution in [3.8, 4) is 22.8 Å². The monoisotopic (exact) mass is 1050 g/mol. The molecule has 2 unspecified atom stereocenters. The number of hydrogen-bond donors (Lipinski definition) is 3. The van der Waals surface area contributed by atoms with Crippen LogP contribution in [0.2, 0.25) is 5.02 Å². The topological polar surface area (TPSA) is 173 Å². The van der Waals surface area contributed by atoms with Gasteiger partial charge >= 0.3 is 12.1 Å². The Morgan fingerprint density at radius 1 is 0.838 bits per heavy atom. The standard InChI is InChI=1S/C55H72ClF2N7O9/c1-9-40-35-64(51(67)42-17-16-37(56)32-44(42)49(57)58)25-26-65(40)46-19-18-45(43-14-11-12-15-47(43)71-10-2)62-48(46)50(66)61-38-20-24-63(34-38)23-13-27-72-41-31-36(52(68)73-54(3,4)5)30-39(33-41)59-21-28-70-29-22-60-53(69)74-55(6,7)8/h11-12,14-19,30-33,38,40,49,59H,9-10,13,20-29,34-35H2,1-8H3,(H,60,69)(H,61,66). The van der Waals surface area contributed by atoms with Gasteiger partial charge in [0.1, 0.15) is 22.7 Å². The number of ether oxygens (including phenoxy) is 5. The van der Waals surface area contributed by atoms with Gasteiger partial charge in [-0.3, -0.25) is 9.59 Å². The highest BCUT2D eigenvalue weighted by atomic mass is 35.5. The number of carbonyl (C=O) groups is 4. The van der Waals surface area contributed by atoms with Crippen LogP contribution in [0.25, 0.3) is 11.3 Å². The molecule has 2 aliphatic rings. The summed E-state index contributed by atoms with van der Waals surface area (Å²) in [5, 5.41) is 9.34. The van der Waals surface area contributed by atoms with Gasteiger partial charge < -0.3 is 54.3 Å². The zero-order valence-corrected chi connectivity index (χ0v) is 44.6. The molecule has 0 radical (unpaired) electrons. The van der Waals surface area contributed by atoms with E-state index in [1.165, 1.54) is 12.1 Å². The van der Waals surface area contributed by atoms with Crippen molar-refractivity contribution in [1.29, 1.82) is 0 Å². The van der Waals surface area contributed by atoms with Crippen molar-refractivity contribution in [2.24, 2.45) is 0 Å². The highest BCUT2D eigenvalue weighted by Crippen LogP contribution is 2.34. The lowest BCUT2D eigenvalue weighted by Crippen LogP contribution is -2.55. The molecule has 402 valence electrons. The second-order valence-corrected chi connectivity index (χ2v) is 20.6. The normalized spacial score (nSPS) is 16.2. The second kappa shape index (κ2) is 26.3. The van der Waals surface area contributed by atoms with Crippen LogP contribution in [-0.2, 0) is 14.2 Å². The van der Waals surface area contributed by atoms with E-state index in [0.717, 1.165) is 24.6 Å². The maximum atomic E-state index is 14.5. The predicted octanol–water partition coefficient (Wildman–Crippen LogP) is 9.66. The van der Waals surface area contributed by atoms with E-state index in [4.69, 9.17) is 40.3 Å². The quantitative estimate of drug-likeness (QED) is 0.0502. The Morgan fingerprint density at radius 3 is 2.32 bits per heavy atom. The van der Waals surface area contributed by atoms with E-state index in [-0.39, 0.29) is 47.4 Å². The first kappa shape index (κ1) is 57.0. The lowest BCUT2D eigenvalue weighted by molar-refractivity contribution is 0.00684. The smallest absolute Gasteiger partial charge is 0.407 e. The van der Waals surface area contributed by atoms with Crippen molar-refractivity contribution in [2.45, 2.75) is 104 Å². The molecule has 74 heavy (non-hydrogen) atoms. The summed E-state index contributed by atoms with van der Waals surface area (Å²) in [6.45, 7) is 19.8. The number of alkyl halides is 2. The van der Waals surface area contributed by atoms with Crippen molar-refractivity contribution in [2.75, 3.05) is 89.0 Å². The number of rotatable bonds is 22. The van der Waals surface area contributed by atoms with Crippen molar-refractivity contribution < 1.29 is 51.6 Å². The molecule has 0 bridgehead atoms. The number of halogens is 3. The molecule has 3 amide bonds. The van der Waals surface area contributed by atoms with E-state index < -0.39 is 41.2 Å². The number of hydrogen-bond acceptors (Lipinski definition) is 13. The molecule has 0 saturated carbocycles. The zero-order valence-electron chi connectivity index (χ0n) is 43.9. The maximum Gasteiger partial charge on any atom is 0.407 e. The summed E-state index contributed by atoms with van der Waals surface area (Å²) in [6, 6.07) is 20.0. The van der Waals surface area contributed by atoms with Crippen LogP contribution in [-0.4, -0.2) is 141 Å². The van der Waals surface area contributed by atoms with Crippen molar-refractivity contribution >= 4 is 46.9 Å². The summed E-state index contributed by atoms with van der Waals surface area (Å²) in [7, 11) is 0. The van der Waals surface area contributed by atoms with Crippen LogP contribution in [0.3, 0.4) is 0 Å². The molecule has 4 aromatic rings. The number of amides is 3. The Bertz CT molecular complexity index is 2560. The largest absolute Gasteiger partial charge is 0.493 e. The highest BCUT2D eigenvalue weighted by Gasteiger charge is 2.35. The summed E-state index contributed by atoms with van der Waals surface area (Å²) in [5.41, 5.74) is 1.37. The molecule has 2 saturated heterocycles. The first-order valence-electron chi connectivity index (χ1n) is 25.4. The summed E-state index contributed by atoms with van der Waals surface area (Å²) in [5.74, 6) is -0.174. The summed E-state index contributed by atoms with van der Waals surface area (Å²) >= 11 is 6.03. The number of benzene rings is 3. The highest BCUT2D eigenvalue weighted by molar-refractivity contribution is 6.30. The van der Waals surface area contributed by atoms with Gasteiger partial charge in [0.25, 0.3) is 18.2 Å². The minimum atomic E-state index is -2.87. The molecule has 6 rings (SSSR count). The molecule has 19 heteroatoms. The van der Waals surface area contributed by atoms with Gasteiger partial charge in [-0.15, -0.1) is 0 Å².